The van der Waals surface area contributed by atoms with Gasteiger partial charge in [0, 0.05) is 10.2 Å². The summed E-state index contributed by atoms with van der Waals surface area (Å²) in [7, 11) is 1.59. The summed E-state index contributed by atoms with van der Waals surface area (Å²) in [5.74, 6) is -0.116. The van der Waals surface area contributed by atoms with Crippen molar-refractivity contribution in [3.05, 3.63) is 58.1 Å². The van der Waals surface area contributed by atoms with Gasteiger partial charge in [-0.25, -0.2) is 4.79 Å². The fourth-order valence-corrected chi connectivity index (χ4v) is 4.43. The van der Waals surface area contributed by atoms with Crippen molar-refractivity contribution in [3.8, 4) is 5.75 Å². The summed E-state index contributed by atoms with van der Waals surface area (Å²) >= 11 is 3.34. The number of carbonyl (C=O) groups is 3. The molecule has 2 aliphatic rings. The number of rotatable bonds is 4. The number of hydrogen-bond acceptors (Lipinski definition) is 4. The third kappa shape index (κ3) is 3.48. The van der Waals surface area contributed by atoms with Crippen LogP contribution < -0.4 is 15.4 Å². The lowest BCUT2D eigenvalue weighted by atomic mass is 9.76. The first-order valence-electron chi connectivity index (χ1n) is 9.30. The summed E-state index contributed by atoms with van der Waals surface area (Å²) in [5, 5.41) is 5.57. The van der Waals surface area contributed by atoms with Crippen LogP contribution in [0, 0.1) is 0 Å². The van der Waals surface area contributed by atoms with Crippen molar-refractivity contribution in [1.82, 2.24) is 10.2 Å². The molecule has 0 aromatic heterocycles. The number of halogens is 1. The van der Waals surface area contributed by atoms with Gasteiger partial charge in [-0.05, 0) is 60.7 Å². The molecule has 1 aliphatic carbocycles. The number of methoxy groups -OCH3 is 1. The Morgan fingerprint density at radius 1 is 1.28 bits per heavy atom. The van der Waals surface area contributed by atoms with E-state index in [1.807, 2.05) is 18.2 Å². The maximum Gasteiger partial charge on any atom is 0.325 e. The number of carbonyl (C=O) groups excluding carboxylic acids is 3. The monoisotopic (exact) mass is 457 g/mol. The molecule has 0 unspecified atom stereocenters. The number of imide groups is 1. The predicted octanol–water partition coefficient (Wildman–Crippen LogP) is 3.18. The number of amides is 4. The number of aryl methyl sites for hydroxylation is 1. The molecule has 0 radical (unpaired) electrons. The third-order valence-electron chi connectivity index (χ3n) is 5.36. The van der Waals surface area contributed by atoms with Crippen LogP contribution in [0.2, 0.25) is 0 Å². The van der Waals surface area contributed by atoms with Crippen LogP contribution in [0.3, 0.4) is 0 Å². The van der Waals surface area contributed by atoms with E-state index >= 15 is 0 Å². The average molecular weight is 458 g/mol. The van der Waals surface area contributed by atoms with E-state index in [2.05, 4.69) is 26.6 Å². The number of urea groups is 1. The van der Waals surface area contributed by atoms with Gasteiger partial charge in [0.05, 0.1) is 7.11 Å². The lowest BCUT2D eigenvalue weighted by Gasteiger charge is -2.33. The van der Waals surface area contributed by atoms with Crippen LogP contribution in [0.25, 0.3) is 0 Å². The van der Waals surface area contributed by atoms with E-state index in [9.17, 15) is 14.4 Å². The van der Waals surface area contributed by atoms with Crippen molar-refractivity contribution in [2.75, 3.05) is 19.0 Å². The number of nitrogens with zero attached hydrogens (tertiary/aromatic N) is 1. The molecule has 0 bridgehead atoms. The Morgan fingerprint density at radius 2 is 2.10 bits per heavy atom. The number of fused-ring (bicyclic) bond motifs is 2. The second-order valence-corrected chi connectivity index (χ2v) is 8.08. The van der Waals surface area contributed by atoms with Crippen molar-refractivity contribution >= 4 is 39.5 Å². The quantitative estimate of drug-likeness (QED) is 0.690. The highest BCUT2D eigenvalue weighted by atomic mass is 79.9. The summed E-state index contributed by atoms with van der Waals surface area (Å²) in [5.41, 5.74) is 1.22. The molecule has 29 heavy (non-hydrogen) atoms. The van der Waals surface area contributed by atoms with Crippen LogP contribution in [0.5, 0.6) is 5.75 Å². The van der Waals surface area contributed by atoms with Gasteiger partial charge in [0.1, 0.15) is 17.8 Å². The van der Waals surface area contributed by atoms with Crippen molar-refractivity contribution < 1.29 is 19.1 Å². The molecule has 2 N–H and O–H groups in total. The van der Waals surface area contributed by atoms with Gasteiger partial charge in [-0.3, -0.25) is 14.5 Å². The van der Waals surface area contributed by atoms with Crippen LogP contribution in [0.4, 0.5) is 10.5 Å². The molecule has 0 saturated carbocycles. The van der Waals surface area contributed by atoms with Crippen LogP contribution >= 0.6 is 15.9 Å². The minimum Gasteiger partial charge on any atom is -0.497 e. The molecule has 2 aromatic rings. The summed E-state index contributed by atoms with van der Waals surface area (Å²) in [6.07, 6.45) is 2.06. The number of benzene rings is 2. The maximum absolute atomic E-state index is 13.3. The fourth-order valence-electron chi connectivity index (χ4n) is 4.03. The maximum atomic E-state index is 13.3. The third-order valence-corrected chi connectivity index (χ3v) is 5.85. The molecule has 150 valence electrons. The number of ether oxygens (including phenoxy) is 1. The molecule has 4 amide bonds. The Morgan fingerprint density at radius 3 is 2.86 bits per heavy atom. The van der Waals surface area contributed by atoms with Crippen molar-refractivity contribution in [2.24, 2.45) is 0 Å². The van der Waals surface area contributed by atoms with E-state index in [1.54, 1.807) is 31.4 Å². The van der Waals surface area contributed by atoms with Gasteiger partial charge in [0.15, 0.2) is 0 Å². The first-order chi connectivity index (χ1) is 13.9. The standard InChI is InChI=1S/C21H20BrN3O4/c1-29-16-7-8-17-13(10-16)4-3-9-21(17)19(27)25(20(28)24-21)12-18(26)23-15-6-2-5-14(22)11-15/h2,5-8,10-11H,3-4,9,12H2,1H3,(H,23,26)(H,24,28)/t21-/m1/s1. The average Bonchev–Trinajstić information content (AvgIpc) is 2.92. The molecular weight excluding hydrogens is 438 g/mol. The van der Waals surface area contributed by atoms with Gasteiger partial charge in [-0.1, -0.05) is 28.1 Å². The first kappa shape index (κ1) is 19.4. The van der Waals surface area contributed by atoms with Gasteiger partial charge in [0.2, 0.25) is 5.91 Å². The Bertz CT molecular complexity index is 1010. The highest BCUT2D eigenvalue weighted by Crippen LogP contribution is 2.41. The Hall–Kier alpha value is -2.87. The van der Waals surface area contributed by atoms with E-state index in [0.29, 0.717) is 17.9 Å². The molecule has 1 atom stereocenters. The SMILES string of the molecule is COc1ccc2c(c1)CCC[C@@]21NC(=O)N(CC(=O)Nc2cccc(Br)c2)C1=O. The first-order valence-corrected chi connectivity index (χ1v) is 10.1. The van der Waals surface area contributed by atoms with Crippen LogP contribution in [0.15, 0.2) is 46.9 Å². The van der Waals surface area contributed by atoms with Crippen LogP contribution in [0.1, 0.15) is 24.0 Å². The van der Waals surface area contributed by atoms with Crippen molar-refractivity contribution in [3.63, 3.8) is 0 Å². The molecular formula is C21H20BrN3O4. The van der Waals surface area contributed by atoms with E-state index in [0.717, 1.165) is 33.3 Å². The van der Waals surface area contributed by atoms with Crippen molar-refractivity contribution in [1.29, 1.82) is 0 Å². The Kier molecular flexibility index (Phi) is 5.04. The van der Waals surface area contributed by atoms with Crippen LogP contribution in [-0.2, 0) is 21.5 Å². The zero-order valence-corrected chi connectivity index (χ0v) is 17.4. The second-order valence-electron chi connectivity index (χ2n) is 7.16. The van der Waals surface area contributed by atoms with Crippen molar-refractivity contribution in [2.45, 2.75) is 24.8 Å². The molecule has 2 aromatic carbocycles. The topological polar surface area (TPSA) is 87.7 Å². The number of hydrogen-bond donors (Lipinski definition) is 2. The Balaban J connectivity index is 1.56. The molecule has 1 fully saturated rings. The number of nitrogens with one attached hydrogen (secondary N) is 2. The van der Waals surface area contributed by atoms with Gasteiger partial charge in [-0.15, -0.1) is 0 Å². The minimum absolute atomic E-state index is 0.343. The smallest absolute Gasteiger partial charge is 0.325 e. The highest BCUT2D eigenvalue weighted by Gasteiger charge is 2.54. The molecule has 7 nitrogen and oxygen atoms in total. The van der Waals surface area contributed by atoms with Gasteiger partial charge in [-0.2, -0.15) is 0 Å². The highest BCUT2D eigenvalue weighted by molar-refractivity contribution is 9.10. The normalized spacial score (nSPS) is 20.4. The summed E-state index contributed by atoms with van der Waals surface area (Å²) in [4.78, 5) is 39.3. The second kappa shape index (κ2) is 7.51. The zero-order chi connectivity index (χ0) is 20.6. The molecule has 8 heteroatoms. The summed E-state index contributed by atoms with van der Waals surface area (Å²) < 4.78 is 6.10. The summed E-state index contributed by atoms with van der Waals surface area (Å²) in [6, 6.07) is 12.1. The predicted molar refractivity (Wildman–Crippen MR) is 111 cm³/mol. The zero-order valence-electron chi connectivity index (χ0n) is 15.8. The number of anilines is 1. The lowest BCUT2D eigenvalue weighted by Crippen LogP contribution is -2.47. The van der Waals surface area contributed by atoms with Gasteiger partial charge in [0.25, 0.3) is 5.91 Å². The fraction of sp³-hybridized carbons (Fsp3) is 0.286. The van der Waals surface area contributed by atoms with E-state index in [-0.39, 0.29) is 6.54 Å². The lowest BCUT2D eigenvalue weighted by molar-refractivity contribution is -0.134. The minimum atomic E-state index is -1.12. The van der Waals surface area contributed by atoms with Crippen LogP contribution in [-0.4, -0.2) is 36.4 Å². The summed E-state index contributed by atoms with van der Waals surface area (Å²) in [6.45, 7) is -0.343. The largest absolute Gasteiger partial charge is 0.497 e. The molecule has 1 heterocycles. The Labute approximate surface area is 176 Å². The van der Waals surface area contributed by atoms with Gasteiger partial charge >= 0.3 is 6.03 Å². The van der Waals surface area contributed by atoms with E-state index in [1.165, 1.54) is 0 Å². The van der Waals surface area contributed by atoms with E-state index in [4.69, 9.17) is 4.74 Å². The molecule has 1 spiro atoms. The molecule has 1 aliphatic heterocycles. The molecule has 1 saturated heterocycles. The molecule has 4 rings (SSSR count). The van der Waals surface area contributed by atoms with E-state index < -0.39 is 23.4 Å². The van der Waals surface area contributed by atoms with Gasteiger partial charge < -0.3 is 15.4 Å².